The van der Waals surface area contributed by atoms with Gasteiger partial charge in [0.15, 0.2) is 0 Å². The molecule has 0 N–H and O–H groups in total. The van der Waals surface area contributed by atoms with Crippen LogP contribution in [0.25, 0.3) is 16.6 Å². The van der Waals surface area contributed by atoms with Crippen LogP contribution < -0.4 is 4.74 Å². The number of carbonyl (C=O) groups is 1. The Kier molecular flexibility index (Phi) is 5.59. The van der Waals surface area contributed by atoms with Gasteiger partial charge in [-0.05, 0) is 12.1 Å². The number of carbonyl (C=O) groups excluding carboxylic acids is 1. The van der Waals surface area contributed by atoms with Crippen molar-refractivity contribution >= 4 is 23.4 Å². The van der Waals surface area contributed by atoms with Crippen LogP contribution in [-0.4, -0.2) is 18.1 Å². The Hall–Kier alpha value is -2.92. The number of benzene rings is 2. The van der Waals surface area contributed by atoms with Crippen LogP contribution in [0.3, 0.4) is 0 Å². The third-order valence-corrected chi connectivity index (χ3v) is 4.41. The molecule has 0 radical (unpaired) electrons. The lowest BCUT2D eigenvalue weighted by Crippen LogP contribution is -2.01. The zero-order valence-electron chi connectivity index (χ0n) is 13.7. The molecule has 4 nitrogen and oxygen atoms in total. The van der Waals surface area contributed by atoms with Crippen LogP contribution in [0.1, 0.15) is 11.3 Å². The van der Waals surface area contributed by atoms with Crippen LogP contribution in [0.4, 0.5) is 0 Å². The molecule has 1 aromatic heterocycles. The highest BCUT2D eigenvalue weighted by Gasteiger charge is 2.06. The second-order valence-corrected chi connectivity index (χ2v) is 6.05. The maximum Gasteiger partial charge on any atom is 0.331 e. The van der Waals surface area contributed by atoms with E-state index in [2.05, 4.69) is 4.98 Å². The van der Waals surface area contributed by atoms with Crippen molar-refractivity contribution in [2.75, 3.05) is 7.11 Å². The first-order valence-corrected chi connectivity index (χ1v) is 8.62. The van der Waals surface area contributed by atoms with Gasteiger partial charge >= 0.3 is 5.97 Å². The number of esters is 1. The van der Waals surface area contributed by atoms with E-state index in [4.69, 9.17) is 9.47 Å². The Morgan fingerprint density at radius 2 is 1.88 bits per heavy atom. The molecule has 0 saturated heterocycles. The summed E-state index contributed by atoms with van der Waals surface area (Å²) in [5, 5.41) is 2.82. The minimum atomic E-state index is -0.417. The number of nitrogens with zero attached hydrogens (tertiary/aromatic N) is 1. The van der Waals surface area contributed by atoms with Crippen LogP contribution >= 0.6 is 11.3 Å². The van der Waals surface area contributed by atoms with Crippen molar-refractivity contribution in [3.05, 3.63) is 77.3 Å². The highest BCUT2D eigenvalue weighted by atomic mass is 32.1. The molecule has 25 heavy (non-hydrogen) atoms. The molecule has 0 bridgehead atoms. The highest BCUT2D eigenvalue weighted by molar-refractivity contribution is 7.13. The lowest BCUT2D eigenvalue weighted by molar-refractivity contribution is -0.139. The maximum absolute atomic E-state index is 11.9. The molecule has 126 valence electrons. The molecule has 3 aromatic rings. The summed E-state index contributed by atoms with van der Waals surface area (Å²) in [6.45, 7) is 0.151. The first kappa shape index (κ1) is 16.9. The lowest BCUT2D eigenvalue weighted by atomic mass is 10.2. The van der Waals surface area contributed by atoms with Crippen molar-refractivity contribution < 1.29 is 14.3 Å². The van der Waals surface area contributed by atoms with E-state index >= 15 is 0 Å². The monoisotopic (exact) mass is 351 g/mol. The van der Waals surface area contributed by atoms with E-state index in [1.807, 2.05) is 60.0 Å². The first-order valence-electron chi connectivity index (χ1n) is 7.74. The molecule has 0 aliphatic rings. The van der Waals surface area contributed by atoms with Gasteiger partial charge in [0.2, 0.25) is 0 Å². The summed E-state index contributed by atoms with van der Waals surface area (Å²) >= 11 is 1.53. The highest BCUT2D eigenvalue weighted by Crippen LogP contribution is 2.23. The minimum absolute atomic E-state index is 0.151. The molecule has 1 heterocycles. The predicted octanol–water partition coefficient (Wildman–Crippen LogP) is 4.58. The van der Waals surface area contributed by atoms with Crippen molar-refractivity contribution in [1.82, 2.24) is 4.98 Å². The molecule has 5 heteroatoms. The summed E-state index contributed by atoms with van der Waals surface area (Å²) in [6, 6.07) is 17.4. The lowest BCUT2D eigenvalue weighted by Gasteiger charge is -2.03. The van der Waals surface area contributed by atoms with Crippen LogP contribution in [0.15, 0.2) is 66.1 Å². The van der Waals surface area contributed by atoms with Gasteiger partial charge in [0.05, 0.1) is 12.8 Å². The zero-order valence-corrected chi connectivity index (χ0v) is 14.5. The summed E-state index contributed by atoms with van der Waals surface area (Å²) in [5.41, 5.74) is 2.62. The van der Waals surface area contributed by atoms with E-state index in [9.17, 15) is 4.79 Å². The second kappa shape index (κ2) is 8.26. The van der Waals surface area contributed by atoms with Gasteiger partial charge in [-0.3, -0.25) is 0 Å². The number of hydrogen-bond donors (Lipinski definition) is 0. The first-order chi connectivity index (χ1) is 12.3. The van der Waals surface area contributed by atoms with E-state index < -0.39 is 5.97 Å². The molecule has 0 atom stereocenters. The van der Waals surface area contributed by atoms with Crippen molar-refractivity contribution in [2.24, 2.45) is 0 Å². The summed E-state index contributed by atoms with van der Waals surface area (Å²) in [5.74, 6) is 0.290. The smallest absolute Gasteiger partial charge is 0.331 e. The van der Waals surface area contributed by atoms with Crippen molar-refractivity contribution in [1.29, 1.82) is 0 Å². The third-order valence-electron chi connectivity index (χ3n) is 3.47. The Morgan fingerprint density at radius 1 is 1.12 bits per heavy atom. The van der Waals surface area contributed by atoms with Gasteiger partial charge in [0.25, 0.3) is 0 Å². The molecule has 0 aliphatic heterocycles. The van der Waals surface area contributed by atoms with Gasteiger partial charge in [-0.25, -0.2) is 9.78 Å². The van der Waals surface area contributed by atoms with Crippen molar-refractivity contribution in [2.45, 2.75) is 6.61 Å². The summed E-state index contributed by atoms with van der Waals surface area (Å²) < 4.78 is 10.5. The fraction of sp³-hybridized carbons (Fsp3) is 0.100. The topological polar surface area (TPSA) is 48.4 Å². The number of thiazole rings is 1. The number of aromatic nitrogens is 1. The van der Waals surface area contributed by atoms with Gasteiger partial charge < -0.3 is 9.47 Å². The van der Waals surface area contributed by atoms with Crippen LogP contribution in [0.2, 0.25) is 0 Å². The molecule has 2 aromatic carbocycles. The number of methoxy groups -OCH3 is 1. The van der Waals surface area contributed by atoms with E-state index in [-0.39, 0.29) is 6.61 Å². The summed E-state index contributed by atoms with van der Waals surface area (Å²) in [4.78, 5) is 16.4. The van der Waals surface area contributed by atoms with Gasteiger partial charge in [-0.1, -0.05) is 48.5 Å². The largest absolute Gasteiger partial charge is 0.496 e. The van der Waals surface area contributed by atoms with E-state index in [1.165, 1.54) is 17.4 Å². The minimum Gasteiger partial charge on any atom is -0.496 e. The average molecular weight is 351 g/mol. The van der Waals surface area contributed by atoms with Crippen LogP contribution in [0, 0.1) is 0 Å². The zero-order chi connectivity index (χ0) is 17.5. The van der Waals surface area contributed by atoms with E-state index in [0.29, 0.717) is 5.75 Å². The number of rotatable bonds is 6. The Morgan fingerprint density at radius 3 is 2.68 bits per heavy atom. The predicted molar refractivity (Wildman–Crippen MR) is 99.4 cm³/mol. The number of para-hydroxylation sites is 1. The quantitative estimate of drug-likeness (QED) is 0.482. The Labute approximate surface area is 150 Å². The third kappa shape index (κ3) is 4.55. The van der Waals surface area contributed by atoms with Gasteiger partial charge in [-0.2, -0.15) is 0 Å². The number of hydrogen-bond acceptors (Lipinski definition) is 5. The normalized spacial score (nSPS) is 10.8. The standard InChI is InChI=1S/C20H17NO3S/c1-23-18-10-6-5-7-15(18)11-12-19(22)24-13-17-14-25-20(21-17)16-8-3-2-4-9-16/h2-12,14H,13H2,1H3/b12-11+. The molecule has 0 unspecified atom stereocenters. The number of ether oxygens (including phenoxy) is 2. The summed E-state index contributed by atoms with van der Waals surface area (Å²) in [7, 11) is 1.59. The molecular formula is C20H17NO3S. The molecule has 3 rings (SSSR count). The molecular weight excluding hydrogens is 334 g/mol. The molecule has 0 fully saturated rings. The fourth-order valence-electron chi connectivity index (χ4n) is 2.24. The van der Waals surface area contributed by atoms with Crippen molar-refractivity contribution in [3.63, 3.8) is 0 Å². The molecule has 0 aliphatic carbocycles. The SMILES string of the molecule is COc1ccccc1/C=C/C(=O)OCc1csc(-c2ccccc2)n1. The van der Waals surface area contributed by atoms with Crippen LogP contribution in [0.5, 0.6) is 5.75 Å². The Balaban J connectivity index is 1.58. The second-order valence-electron chi connectivity index (χ2n) is 5.19. The average Bonchev–Trinajstić information content (AvgIpc) is 3.14. The maximum atomic E-state index is 11.9. The van der Waals surface area contributed by atoms with Gasteiger partial charge in [0.1, 0.15) is 17.4 Å². The van der Waals surface area contributed by atoms with Crippen LogP contribution in [-0.2, 0) is 16.1 Å². The van der Waals surface area contributed by atoms with E-state index in [0.717, 1.165) is 21.8 Å². The molecule has 0 saturated carbocycles. The fourth-order valence-corrected chi connectivity index (χ4v) is 3.05. The molecule has 0 spiro atoms. The molecule has 0 amide bonds. The van der Waals surface area contributed by atoms with E-state index in [1.54, 1.807) is 13.2 Å². The Bertz CT molecular complexity index is 871. The van der Waals surface area contributed by atoms with Gasteiger partial charge in [0, 0.05) is 22.6 Å². The van der Waals surface area contributed by atoms with Gasteiger partial charge in [-0.15, -0.1) is 11.3 Å². The van der Waals surface area contributed by atoms with Crippen molar-refractivity contribution in [3.8, 4) is 16.3 Å². The summed E-state index contributed by atoms with van der Waals surface area (Å²) in [6.07, 6.45) is 3.07.